The Balaban J connectivity index is 2.73. The molecule has 0 radical (unpaired) electrons. The average molecular weight is 240 g/mol. The van der Waals surface area contributed by atoms with Crippen LogP contribution in [0.4, 0.5) is 0 Å². The molecule has 0 saturated heterocycles. The minimum Gasteiger partial charge on any atom is -0.479 e. The number of hydrogen-bond acceptors (Lipinski definition) is 5. The molecule has 0 aliphatic carbocycles. The second-order valence-corrected chi connectivity index (χ2v) is 6.04. The number of carbonyl (C=O) groups excluding carboxylic acids is 1. The topological polar surface area (TPSA) is 52.1 Å². The first-order chi connectivity index (χ1) is 7.44. The second kappa shape index (κ2) is 5.30. The van der Waals surface area contributed by atoms with Crippen molar-refractivity contribution >= 4 is 17.5 Å². The molecule has 0 N–H and O–H groups in total. The van der Waals surface area contributed by atoms with Gasteiger partial charge in [0.15, 0.2) is 11.5 Å². The number of nitrogens with zero attached hydrogens (tertiary/aromatic N) is 2. The van der Waals surface area contributed by atoms with Crippen LogP contribution in [0.1, 0.15) is 31.3 Å². The number of rotatable bonds is 4. The summed E-state index contributed by atoms with van der Waals surface area (Å²) in [4.78, 5) is 19.8. The maximum atomic E-state index is 11.9. The highest BCUT2D eigenvalue weighted by Crippen LogP contribution is 2.24. The quantitative estimate of drug-likeness (QED) is 0.755. The molecule has 1 rings (SSSR count). The summed E-state index contributed by atoms with van der Waals surface area (Å²) in [6.45, 7) is 6.20. The number of ketones is 1. The van der Waals surface area contributed by atoms with Crippen LogP contribution in [0.15, 0.2) is 12.4 Å². The zero-order valence-corrected chi connectivity index (χ0v) is 10.8. The Morgan fingerprint density at radius 1 is 1.38 bits per heavy atom. The Hall–Kier alpha value is -1.10. The van der Waals surface area contributed by atoms with Crippen LogP contribution in [0.2, 0.25) is 0 Å². The first-order valence-electron chi connectivity index (χ1n) is 4.96. The zero-order valence-electron chi connectivity index (χ0n) is 9.98. The summed E-state index contributed by atoms with van der Waals surface area (Å²) in [7, 11) is 1.48. The van der Waals surface area contributed by atoms with Crippen LogP contribution < -0.4 is 4.74 Å². The monoisotopic (exact) mass is 240 g/mol. The summed E-state index contributed by atoms with van der Waals surface area (Å²) in [6.07, 6.45) is 3.00. The van der Waals surface area contributed by atoms with Gasteiger partial charge in [-0.15, -0.1) is 11.8 Å². The molecule has 1 aromatic rings. The number of thioether (sulfide) groups is 1. The predicted octanol–water partition coefficient (Wildman–Crippen LogP) is 2.20. The maximum Gasteiger partial charge on any atom is 0.243 e. The molecular weight excluding hydrogens is 224 g/mol. The van der Waals surface area contributed by atoms with Gasteiger partial charge in [0.2, 0.25) is 5.88 Å². The van der Waals surface area contributed by atoms with Crippen molar-refractivity contribution in [2.75, 3.05) is 12.9 Å². The van der Waals surface area contributed by atoms with E-state index in [1.807, 2.05) is 0 Å². The summed E-state index contributed by atoms with van der Waals surface area (Å²) in [5.41, 5.74) is 0.307. The SMILES string of the molecule is COc1nccnc1C(=O)CSC(C)(C)C. The molecule has 0 fully saturated rings. The van der Waals surface area contributed by atoms with Crippen LogP contribution in [-0.4, -0.2) is 33.4 Å². The van der Waals surface area contributed by atoms with Gasteiger partial charge in [-0.05, 0) is 0 Å². The van der Waals surface area contributed by atoms with Gasteiger partial charge in [-0.25, -0.2) is 9.97 Å². The second-order valence-electron chi connectivity index (χ2n) is 4.24. The van der Waals surface area contributed by atoms with Gasteiger partial charge in [0.1, 0.15) is 0 Å². The third-order valence-corrected chi connectivity index (χ3v) is 3.03. The van der Waals surface area contributed by atoms with Crippen molar-refractivity contribution < 1.29 is 9.53 Å². The fourth-order valence-electron chi connectivity index (χ4n) is 1.02. The number of Topliss-reactive ketones (excluding diaryl/α,β-unsaturated/α-hetero) is 1. The summed E-state index contributed by atoms with van der Waals surface area (Å²) in [5.74, 6) is 0.630. The van der Waals surface area contributed by atoms with Crippen LogP contribution in [0.25, 0.3) is 0 Å². The van der Waals surface area contributed by atoms with Crippen molar-refractivity contribution in [3.63, 3.8) is 0 Å². The molecule has 1 heterocycles. The highest BCUT2D eigenvalue weighted by Gasteiger charge is 2.18. The van der Waals surface area contributed by atoms with E-state index < -0.39 is 0 Å². The van der Waals surface area contributed by atoms with Gasteiger partial charge < -0.3 is 4.74 Å². The molecular formula is C11H16N2O2S. The minimum atomic E-state index is -0.0510. The van der Waals surface area contributed by atoms with Crippen molar-refractivity contribution in [1.82, 2.24) is 9.97 Å². The normalized spacial score (nSPS) is 11.2. The summed E-state index contributed by atoms with van der Waals surface area (Å²) in [6, 6.07) is 0. The van der Waals surface area contributed by atoms with Gasteiger partial charge >= 0.3 is 0 Å². The van der Waals surface area contributed by atoms with Gasteiger partial charge in [-0.1, -0.05) is 20.8 Å². The van der Waals surface area contributed by atoms with E-state index in [0.717, 1.165) is 0 Å². The van der Waals surface area contributed by atoms with Crippen molar-refractivity contribution in [3.8, 4) is 5.88 Å². The Bertz CT molecular complexity index is 374. The fraction of sp³-hybridized carbons (Fsp3) is 0.545. The molecule has 0 aliphatic heterocycles. The van der Waals surface area contributed by atoms with E-state index in [0.29, 0.717) is 17.3 Å². The number of aromatic nitrogens is 2. The molecule has 1 aromatic heterocycles. The van der Waals surface area contributed by atoms with E-state index in [1.54, 1.807) is 11.8 Å². The maximum absolute atomic E-state index is 11.9. The molecule has 0 amide bonds. The molecule has 0 bridgehead atoms. The smallest absolute Gasteiger partial charge is 0.243 e. The van der Waals surface area contributed by atoms with Gasteiger partial charge in [0.25, 0.3) is 0 Å². The van der Waals surface area contributed by atoms with Crippen molar-refractivity contribution in [2.45, 2.75) is 25.5 Å². The molecule has 0 unspecified atom stereocenters. The van der Waals surface area contributed by atoms with Crippen LogP contribution in [0.5, 0.6) is 5.88 Å². The number of methoxy groups -OCH3 is 1. The first-order valence-corrected chi connectivity index (χ1v) is 5.95. The average Bonchev–Trinajstić information content (AvgIpc) is 2.25. The lowest BCUT2D eigenvalue weighted by Gasteiger charge is -2.16. The van der Waals surface area contributed by atoms with E-state index in [9.17, 15) is 4.79 Å². The molecule has 5 heteroatoms. The third kappa shape index (κ3) is 3.81. The molecule has 0 aliphatic rings. The van der Waals surface area contributed by atoms with E-state index in [1.165, 1.54) is 19.5 Å². The van der Waals surface area contributed by atoms with E-state index in [-0.39, 0.29) is 10.5 Å². The summed E-state index contributed by atoms with van der Waals surface area (Å²) < 4.78 is 5.06. The number of ether oxygens (including phenoxy) is 1. The molecule has 0 aromatic carbocycles. The van der Waals surface area contributed by atoms with Crippen LogP contribution in [0, 0.1) is 0 Å². The Morgan fingerprint density at radius 2 is 2.00 bits per heavy atom. The van der Waals surface area contributed by atoms with Crippen molar-refractivity contribution in [1.29, 1.82) is 0 Å². The molecule has 0 spiro atoms. The largest absolute Gasteiger partial charge is 0.479 e. The van der Waals surface area contributed by atoms with Gasteiger partial charge in [-0.2, -0.15) is 0 Å². The zero-order chi connectivity index (χ0) is 12.2. The minimum absolute atomic E-state index is 0.0510. The van der Waals surface area contributed by atoms with Crippen LogP contribution in [0.3, 0.4) is 0 Å². The molecule has 16 heavy (non-hydrogen) atoms. The predicted molar refractivity (Wildman–Crippen MR) is 65.1 cm³/mol. The highest BCUT2D eigenvalue weighted by molar-refractivity contribution is 8.01. The van der Waals surface area contributed by atoms with Gasteiger partial charge in [0, 0.05) is 17.1 Å². The van der Waals surface area contributed by atoms with E-state index >= 15 is 0 Å². The van der Waals surface area contributed by atoms with Crippen LogP contribution >= 0.6 is 11.8 Å². The summed E-state index contributed by atoms with van der Waals surface area (Å²) >= 11 is 1.58. The van der Waals surface area contributed by atoms with Crippen molar-refractivity contribution in [2.24, 2.45) is 0 Å². The van der Waals surface area contributed by atoms with E-state index in [2.05, 4.69) is 30.7 Å². The molecule has 88 valence electrons. The molecule has 0 saturated carbocycles. The first kappa shape index (κ1) is 13.0. The lowest BCUT2D eigenvalue weighted by molar-refractivity contribution is 0.101. The lowest BCUT2D eigenvalue weighted by atomic mass is 10.3. The Morgan fingerprint density at radius 3 is 2.56 bits per heavy atom. The standard InChI is InChI=1S/C11H16N2O2S/c1-11(2,3)16-7-8(14)9-10(15-4)13-6-5-12-9/h5-6H,7H2,1-4H3. The van der Waals surface area contributed by atoms with Gasteiger partial charge in [0.05, 0.1) is 12.9 Å². The lowest BCUT2D eigenvalue weighted by Crippen LogP contribution is -2.15. The number of hydrogen-bond donors (Lipinski definition) is 0. The Labute approximate surface area is 99.8 Å². The number of carbonyl (C=O) groups is 1. The fourth-order valence-corrected chi connectivity index (χ4v) is 1.72. The van der Waals surface area contributed by atoms with E-state index in [4.69, 9.17) is 4.74 Å². The van der Waals surface area contributed by atoms with Crippen molar-refractivity contribution in [3.05, 3.63) is 18.1 Å². The summed E-state index contributed by atoms with van der Waals surface area (Å²) in [5, 5.41) is 0. The van der Waals surface area contributed by atoms with Gasteiger partial charge in [-0.3, -0.25) is 4.79 Å². The Kier molecular flexibility index (Phi) is 4.29. The highest BCUT2D eigenvalue weighted by atomic mass is 32.2. The molecule has 0 atom stereocenters. The third-order valence-electron chi connectivity index (χ3n) is 1.76. The van der Waals surface area contributed by atoms with Crippen LogP contribution in [-0.2, 0) is 0 Å². The molecule has 4 nitrogen and oxygen atoms in total.